The highest BCUT2D eigenvalue weighted by molar-refractivity contribution is 8.15. The number of thioether (sulfide) groups is 1. The number of nitrogens with one attached hydrogen (secondary N) is 1. The zero-order valence-electron chi connectivity index (χ0n) is 17.9. The zero-order valence-corrected chi connectivity index (χ0v) is 19.4. The molecule has 1 aliphatic heterocycles. The number of hydrogen-bond acceptors (Lipinski definition) is 4. The third-order valence-corrected chi connectivity index (χ3v) is 6.38. The average molecular weight is 496 g/mol. The monoisotopic (exact) mass is 495 g/mol. The lowest BCUT2D eigenvalue weighted by molar-refractivity contribution is -0.137. The van der Waals surface area contributed by atoms with Crippen LogP contribution in [0.2, 0.25) is 5.02 Å². The molecule has 3 rings (SSSR count). The predicted molar refractivity (Wildman–Crippen MR) is 126 cm³/mol. The van der Waals surface area contributed by atoms with Crippen molar-refractivity contribution >= 4 is 51.7 Å². The number of carbonyl (C=O) groups excluding carboxylic acids is 2. The summed E-state index contributed by atoms with van der Waals surface area (Å²) in [5.74, 6) is -0.803. The maximum atomic E-state index is 13.4. The third-order valence-electron chi connectivity index (χ3n) is 4.97. The first-order chi connectivity index (χ1) is 15.5. The molecular formula is C23H21ClF3N3O2S. The van der Waals surface area contributed by atoms with Crippen LogP contribution < -0.4 is 5.32 Å². The maximum Gasteiger partial charge on any atom is 0.418 e. The van der Waals surface area contributed by atoms with Gasteiger partial charge in [0.05, 0.1) is 11.3 Å². The smallest absolute Gasteiger partial charge is 0.326 e. The van der Waals surface area contributed by atoms with Gasteiger partial charge >= 0.3 is 6.18 Å². The molecule has 10 heteroatoms. The number of anilines is 1. The van der Waals surface area contributed by atoms with Crippen molar-refractivity contribution in [1.82, 2.24) is 4.90 Å². The number of aryl methyl sites for hydroxylation is 2. The molecule has 0 bridgehead atoms. The number of alkyl halides is 3. The average Bonchev–Trinajstić information content (AvgIpc) is 3.00. The van der Waals surface area contributed by atoms with E-state index in [0.29, 0.717) is 5.69 Å². The second-order valence-electron chi connectivity index (χ2n) is 7.45. The van der Waals surface area contributed by atoms with Crippen LogP contribution in [0.25, 0.3) is 0 Å². The van der Waals surface area contributed by atoms with Crippen molar-refractivity contribution in [3.63, 3.8) is 0 Å². The first kappa shape index (κ1) is 24.9. The Labute approximate surface area is 198 Å². The van der Waals surface area contributed by atoms with E-state index in [2.05, 4.69) is 16.9 Å². The lowest BCUT2D eigenvalue weighted by Crippen LogP contribution is -2.33. The van der Waals surface area contributed by atoms with E-state index in [1.54, 1.807) is 6.07 Å². The molecule has 1 saturated heterocycles. The molecule has 1 aliphatic rings. The van der Waals surface area contributed by atoms with Crippen molar-refractivity contribution in [3.8, 4) is 0 Å². The Morgan fingerprint density at radius 3 is 2.61 bits per heavy atom. The standard InChI is InChI=1S/C23H21ClF3N3O2S/c1-4-9-30-21(32)19(12-20(31)28-16-7-5-13(2)14(3)10-16)33-22(30)29-18-8-6-15(24)11-17(18)23(25,26)27/h4-8,10-11,19H,1,9,12H2,2-3H3,(H,28,31). The summed E-state index contributed by atoms with van der Waals surface area (Å²) in [4.78, 5) is 30.7. The van der Waals surface area contributed by atoms with Crippen molar-refractivity contribution in [3.05, 3.63) is 70.8 Å². The van der Waals surface area contributed by atoms with Gasteiger partial charge in [-0.05, 0) is 55.3 Å². The highest BCUT2D eigenvalue weighted by Crippen LogP contribution is 2.40. The minimum atomic E-state index is -4.67. The van der Waals surface area contributed by atoms with Gasteiger partial charge in [-0.25, -0.2) is 4.99 Å². The van der Waals surface area contributed by atoms with E-state index in [1.165, 1.54) is 17.0 Å². The van der Waals surface area contributed by atoms with Crippen LogP contribution in [0.1, 0.15) is 23.1 Å². The van der Waals surface area contributed by atoms with Crippen LogP contribution in [0.4, 0.5) is 24.5 Å². The van der Waals surface area contributed by atoms with Crippen molar-refractivity contribution in [2.24, 2.45) is 4.99 Å². The molecule has 0 saturated carbocycles. The Morgan fingerprint density at radius 2 is 1.97 bits per heavy atom. The molecule has 2 amide bonds. The van der Waals surface area contributed by atoms with Crippen molar-refractivity contribution in [1.29, 1.82) is 0 Å². The first-order valence-electron chi connectivity index (χ1n) is 9.91. The number of amides is 2. The molecule has 2 aromatic carbocycles. The van der Waals surface area contributed by atoms with E-state index in [0.717, 1.165) is 35.0 Å². The van der Waals surface area contributed by atoms with E-state index in [9.17, 15) is 22.8 Å². The predicted octanol–water partition coefficient (Wildman–Crippen LogP) is 6.12. The fourth-order valence-corrected chi connectivity index (χ4v) is 4.49. The molecule has 5 nitrogen and oxygen atoms in total. The summed E-state index contributed by atoms with van der Waals surface area (Å²) in [5.41, 5.74) is 1.32. The van der Waals surface area contributed by atoms with Gasteiger partial charge in [0, 0.05) is 23.7 Å². The fourth-order valence-electron chi connectivity index (χ4n) is 3.16. The highest BCUT2D eigenvalue weighted by atomic mass is 35.5. The third kappa shape index (κ3) is 5.97. The Bertz CT molecular complexity index is 1130. The molecule has 0 spiro atoms. The van der Waals surface area contributed by atoms with Crippen LogP contribution >= 0.6 is 23.4 Å². The number of rotatable bonds is 6. The summed E-state index contributed by atoms with van der Waals surface area (Å²) >= 11 is 6.68. The van der Waals surface area contributed by atoms with Gasteiger partial charge in [-0.1, -0.05) is 35.5 Å². The lowest BCUT2D eigenvalue weighted by atomic mass is 10.1. The number of amidine groups is 1. The number of carbonyl (C=O) groups is 2. The molecule has 33 heavy (non-hydrogen) atoms. The van der Waals surface area contributed by atoms with E-state index >= 15 is 0 Å². The number of aliphatic imine (C=N–C) groups is 1. The molecule has 1 atom stereocenters. The van der Waals surface area contributed by atoms with Crippen molar-refractivity contribution in [2.45, 2.75) is 31.7 Å². The second kappa shape index (κ2) is 10.0. The van der Waals surface area contributed by atoms with Gasteiger partial charge in [0.2, 0.25) is 11.8 Å². The molecule has 0 aromatic heterocycles. The van der Waals surface area contributed by atoms with E-state index in [-0.39, 0.29) is 34.8 Å². The van der Waals surface area contributed by atoms with Crippen molar-refractivity contribution in [2.75, 3.05) is 11.9 Å². The molecule has 174 valence electrons. The van der Waals surface area contributed by atoms with Gasteiger partial charge in [0.15, 0.2) is 5.17 Å². The summed E-state index contributed by atoms with van der Waals surface area (Å²) in [5, 5.41) is 1.92. The zero-order chi connectivity index (χ0) is 24.3. The first-order valence-corrected chi connectivity index (χ1v) is 11.2. The summed E-state index contributed by atoms with van der Waals surface area (Å²) in [7, 11) is 0. The molecule has 1 unspecified atom stereocenters. The topological polar surface area (TPSA) is 61.8 Å². The van der Waals surface area contributed by atoms with Gasteiger partial charge < -0.3 is 5.32 Å². The van der Waals surface area contributed by atoms with Crippen LogP contribution in [0.15, 0.2) is 54.0 Å². The summed E-state index contributed by atoms with van der Waals surface area (Å²) < 4.78 is 40.3. The fraction of sp³-hybridized carbons (Fsp3) is 0.261. The van der Waals surface area contributed by atoms with Crippen LogP contribution in [0.5, 0.6) is 0 Å². The molecule has 1 fully saturated rings. The minimum absolute atomic E-state index is 0.0505. The lowest BCUT2D eigenvalue weighted by Gasteiger charge is -2.15. The van der Waals surface area contributed by atoms with Crippen LogP contribution in [0.3, 0.4) is 0 Å². The maximum absolute atomic E-state index is 13.4. The summed E-state index contributed by atoms with van der Waals surface area (Å²) in [6, 6.07) is 8.70. The molecular weight excluding hydrogens is 475 g/mol. The van der Waals surface area contributed by atoms with Gasteiger partial charge in [0.25, 0.3) is 0 Å². The normalized spacial score (nSPS) is 17.5. The Kier molecular flexibility index (Phi) is 7.54. The van der Waals surface area contributed by atoms with Crippen molar-refractivity contribution < 1.29 is 22.8 Å². The van der Waals surface area contributed by atoms with Crippen LogP contribution in [-0.4, -0.2) is 33.7 Å². The minimum Gasteiger partial charge on any atom is -0.326 e. The van der Waals surface area contributed by atoms with Gasteiger partial charge in [-0.3, -0.25) is 14.5 Å². The highest BCUT2D eigenvalue weighted by Gasteiger charge is 2.40. The number of halogens is 4. The van der Waals surface area contributed by atoms with Gasteiger partial charge in [0.1, 0.15) is 5.25 Å². The quantitative estimate of drug-likeness (QED) is 0.491. The molecule has 0 radical (unpaired) electrons. The van der Waals surface area contributed by atoms with E-state index < -0.39 is 22.9 Å². The largest absolute Gasteiger partial charge is 0.418 e. The summed E-state index contributed by atoms with van der Waals surface area (Å²) in [6.07, 6.45) is -3.39. The summed E-state index contributed by atoms with van der Waals surface area (Å²) in [6.45, 7) is 7.51. The Balaban J connectivity index is 1.83. The molecule has 1 heterocycles. The molecule has 2 aromatic rings. The van der Waals surface area contributed by atoms with Crippen LogP contribution in [0, 0.1) is 13.8 Å². The van der Waals surface area contributed by atoms with Crippen LogP contribution in [-0.2, 0) is 15.8 Å². The van der Waals surface area contributed by atoms with Gasteiger partial charge in [-0.2, -0.15) is 13.2 Å². The second-order valence-corrected chi connectivity index (χ2v) is 9.06. The van der Waals surface area contributed by atoms with Gasteiger partial charge in [-0.15, -0.1) is 6.58 Å². The number of benzene rings is 2. The van der Waals surface area contributed by atoms with E-state index in [4.69, 9.17) is 11.6 Å². The number of hydrogen-bond donors (Lipinski definition) is 1. The van der Waals surface area contributed by atoms with E-state index in [1.807, 2.05) is 26.0 Å². The molecule has 1 N–H and O–H groups in total. The Morgan fingerprint density at radius 1 is 1.24 bits per heavy atom. The molecule has 0 aliphatic carbocycles. The Hall–Kier alpha value is -2.78. The SMILES string of the molecule is C=CCN1C(=O)C(CC(=O)Nc2ccc(C)c(C)c2)SC1=Nc1ccc(Cl)cc1C(F)(F)F. The number of nitrogens with zero attached hydrogens (tertiary/aromatic N) is 2.